The van der Waals surface area contributed by atoms with Crippen molar-refractivity contribution in [1.82, 2.24) is 9.55 Å². The number of hydrogen-bond donors (Lipinski definition) is 1. The van der Waals surface area contributed by atoms with E-state index in [0.29, 0.717) is 5.95 Å². The van der Waals surface area contributed by atoms with E-state index >= 15 is 0 Å². The van der Waals surface area contributed by atoms with Gasteiger partial charge < -0.3 is 4.57 Å². The lowest BCUT2D eigenvalue weighted by Crippen LogP contribution is -2.52. The van der Waals surface area contributed by atoms with Crippen molar-refractivity contribution < 1.29 is 4.79 Å². The van der Waals surface area contributed by atoms with E-state index in [0.717, 1.165) is 37.0 Å². The third kappa shape index (κ3) is 1.72. The van der Waals surface area contributed by atoms with Gasteiger partial charge in [-0.05, 0) is 56.3 Å². The average Bonchev–Trinajstić information content (AvgIpc) is 2.73. The first-order valence-electron chi connectivity index (χ1n) is 7.43. The summed E-state index contributed by atoms with van der Waals surface area (Å²) in [5.74, 6) is 3.32. The SMILES string of the molecule is Cn1ccnc1NC(=O)C12CC3CC(CC(C3)C1)C2. The van der Waals surface area contributed by atoms with Gasteiger partial charge in [-0.3, -0.25) is 10.1 Å². The molecule has 0 saturated heterocycles. The molecule has 4 nitrogen and oxygen atoms in total. The molecule has 0 aromatic carbocycles. The first-order valence-corrected chi connectivity index (χ1v) is 7.43. The highest BCUT2D eigenvalue weighted by Crippen LogP contribution is 2.60. The van der Waals surface area contributed by atoms with Crippen LogP contribution in [0.5, 0.6) is 0 Å². The predicted molar refractivity (Wildman–Crippen MR) is 72.4 cm³/mol. The van der Waals surface area contributed by atoms with Crippen molar-refractivity contribution in [3.8, 4) is 0 Å². The van der Waals surface area contributed by atoms with Crippen molar-refractivity contribution in [3.63, 3.8) is 0 Å². The van der Waals surface area contributed by atoms with Gasteiger partial charge in [0.1, 0.15) is 0 Å². The van der Waals surface area contributed by atoms with Crippen LogP contribution in [0.3, 0.4) is 0 Å². The zero-order chi connectivity index (χ0) is 13.0. The number of rotatable bonds is 2. The van der Waals surface area contributed by atoms with Crippen molar-refractivity contribution in [1.29, 1.82) is 0 Å². The van der Waals surface area contributed by atoms with Crippen molar-refractivity contribution in [2.24, 2.45) is 30.2 Å². The molecule has 4 saturated carbocycles. The Morgan fingerprint density at radius 1 is 1.26 bits per heavy atom. The highest BCUT2D eigenvalue weighted by Gasteiger charge is 2.54. The number of hydrogen-bond acceptors (Lipinski definition) is 2. The maximum absolute atomic E-state index is 12.8. The van der Waals surface area contributed by atoms with E-state index in [1.807, 2.05) is 17.8 Å². The molecular weight excluding hydrogens is 238 g/mol. The van der Waals surface area contributed by atoms with Gasteiger partial charge in [-0.15, -0.1) is 0 Å². The maximum atomic E-state index is 12.8. The molecule has 0 spiro atoms. The van der Waals surface area contributed by atoms with Crippen LogP contribution in [0.2, 0.25) is 0 Å². The Bertz CT molecular complexity index is 484. The van der Waals surface area contributed by atoms with Gasteiger partial charge >= 0.3 is 0 Å². The molecule has 5 rings (SSSR count). The summed E-state index contributed by atoms with van der Waals surface area (Å²) in [7, 11) is 1.92. The van der Waals surface area contributed by atoms with Crippen molar-refractivity contribution >= 4 is 11.9 Å². The lowest BCUT2D eigenvalue weighted by molar-refractivity contribution is -0.140. The van der Waals surface area contributed by atoms with Crippen molar-refractivity contribution in [3.05, 3.63) is 12.4 Å². The molecule has 4 aliphatic carbocycles. The number of anilines is 1. The normalized spacial score (nSPS) is 39.5. The third-order valence-corrected chi connectivity index (χ3v) is 5.57. The Balaban J connectivity index is 1.58. The molecule has 4 bridgehead atoms. The molecule has 19 heavy (non-hydrogen) atoms. The highest BCUT2D eigenvalue weighted by molar-refractivity contribution is 5.94. The number of nitrogens with one attached hydrogen (secondary N) is 1. The smallest absolute Gasteiger partial charge is 0.232 e. The van der Waals surface area contributed by atoms with Crippen molar-refractivity contribution in [2.45, 2.75) is 38.5 Å². The molecule has 1 N–H and O–H groups in total. The van der Waals surface area contributed by atoms with Crippen LogP contribution in [-0.2, 0) is 11.8 Å². The minimum atomic E-state index is -0.0826. The monoisotopic (exact) mass is 259 g/mol. The van der Waals surface area contributed by atoms with Crippen LogP contribution in [0.1, 0.15) is 38.5 Å². The molecule has 1 aromatic rings. The first kappa shape index (κ1) is 11.5. The van der Waals surface area contributed by atoms with Crippen LogP contribution in [0.15, 0.2) is 12.4 Å². The van der Waals surface area contributed by atoms with Gasteiger partial charge in [-0.1, -0.05) is 0 Å². The topological polar surface area (TPSA) is 46.9 Å². The fourth-order valence-electron chi connectivity index (χ4n) is 5.11. The van der Waals surface area contributed by atoms with E-state index in [-0.39, 0.29) is 11.3 Å². The van der Waals surface area contributed by atoms with Gasteiger partial charge in [0.25, 0.3) is 0 Å². The summed E-state index contributed by atoms with van der Waals surface area (Å²) in [4.78, 5) is 17.0. The van der Waals surface area contributed by atoms with E-state index < -0.39 is 0 Å². The fourth-order valence-corrected chi connectivity index (χ4v) is 5.11. The summed E-state index contributed by atoms with van der Waals surface area (Å²) in [6.45, 7) is 0. The quantitative estimate of drug-likeness (QED) is 0.887. The summed E-state index contributed by atoms with van der Waals surface area (Å²) in [6, 6.07) is 0. The van der Waals surface area contributed by atoms with Crippen molar-refractivity contribution in [2.75, 3.05) is 5.32 Å². The standard InChI is InChI=1S/C15H21N3O/c1-18-3-2-16-14(18)17-13(19)15-7-10-4-11(8-15)6-12(5-10)9-15/h2-3,10-12H,4-9H2,1H3,(H,16,17,19). The molecule has 1 aromatic heterocycles. The Morgan fingerprint density at radius 2 is 1.84 bits per heavy atom. The Hall–Kier alpha value is -1.32. The molecule has 102 valence electrons. The third-order valence-electron chi connectivity index (χ3n) is 5.57. The zero-order valence-corrected chi connectivity index (χ0v) is 11.4. The largest absolute Gasteiger partial charge is 0.320 e. The predicted octanol–water partition coefficient (Wildman–Crippen LogP) is 2.58. The molecule has 4 fully saturated rings. The molecule has 0 atom stereocenters. The van der Waals surface area contributed by atoms with Gasteiger partial charge in [0.15, 0.2) is 0 Å². The number of imidazole rings is 1. The van der Waals surface area contributed by atoms with Gasteiger partial charge in [0.2, 0.25) is 11.9 Å². The van der Waals surface area contributed by atoms with E-state index in [4.69, 9.17) is 0 Å². The lowest BCUT2D eigenvalue weighted by Gasteiger charge is -2.55. The molecule has 0 radical (unpaired) electrons. The summed E-state index contributed by atoms with van der Waals surface area (Å²) in [5, 5.41) is 3.06. The van der Waals surface area contributed by atoms with Crippen LogP contribution in [-0.4, -0.2) is 15.5 Å². The van der Waals surface area contributed by atoms with E-state index in [1.54, 1.807) is 6.20 Å². The maximum Gasteiger partial charge on any atom is 0.232 e. The molecule has 0 aliphatic heterocycles. The molecule has 4 heteroatoms. The first-order chi connectivity index (χ1) is 9.14. The second-order valence-corrected chi connectivity index (χ2v) is 7.01. The minimum absolute atomic E-state index is 0.0826. The summed E-state index contributed by atoms with van der Waals surface area (Å²) in [5.41, 5.74) is -0.0826. The number of nitrogens with zero attached hydrogens (tertiary/aromatic N) is 2. The molecule has 1 amide bonds. The van der Waals surface area contributed by atoms with E-state index in [1.165, 1.54) is 19.3 Å². The molecule has 0 unspecified atom stereocenters. The second kappa shape index (κ2) is 3.84. The highest BCUT2D eigenvalue weighted by atomic mass is 16.2. The number of aromatic nitrogens is 2. The molecular formula is C15H21N3O. The lowest BCUT2D eigenvalue weighted by atomic mass is 9.49. The van der Waals surface area contributed by atoms with Gasteiger partial charge in [-0.2, -0.15) is 0 Å². The molecule has 4 aliphatic rings. The van der Waals surface area contributed by atoms with Crippen LogP contribution in [0.25, 0.3) is 0 Å². The van der Waals surface area contributed by atoms with Gasteiger partial charge in [-0.25, -0.2) is 4.98 Å². The van der Waals surface area contributed by atoms with Crippen LogP contribution in [0, 0.1) is 23.2 Å². The number of carbonyl (C=O) groups excluding carboxylic acids is 1. The average molecular weight is 259 g/mol. The van der Waals surface area contributed by atoms with Crippen LogP contribution in [0.4, 0.5) is 5.95 Å². The van der Waals surface area contributed by atoms with Crippen LogP contribution >= 0.6 is 0 Å². The number of carbonyl (C=O) groups is 1. The Morgan fingerprint density at radius 3 is 2.32 bits per heavy atom. The van der Waals surface area contributed by atoms with E-state index in [2.05, 4.69) is 10.3 Å². The van der Waals surface area contributed by atoms with Gasteiger partial charge in [0, 0.05) is 19.4 Å². The Labute approximate surface area is 113 Å². The number of aryl methyl sites for hydroxylation is 1. The Kier molecular flexibility index (Phi) is 2.32. The zero-order valence-electron chi connectivity index (χ0n) is 11.4. The van der Waals surface area contributed by atoms with Gasteiger partial charge in [0.05, 0.1) is 5.41 Å². The fraction of sp³-hybridized carbons (Fsp3) is 0.733. The van der Waals surface area contributed by atoms with E-state index in [9.17, 15) is 4.79 Å². The number of amides is 1. The van der Waals surface area contributed by atoms with Crippen LogP contribution < -0.4 is 5.32 Å². The summed E-state index contributed by atoms with van der Waals surface area (Å²) in [6.07, 6.45) is 11.0. The second-order valence-electron chi connectivity index (χ2n) is 7.01. The summed E-state index contributed by atoms with van der Waals surface area (Å²) >= 11 is 0. The minimum Gasteiger partial charge on any atom is -0.320 e. The summed E-state index contributed by atoms with van der Waals surface area (Å²) < 4.78 is 1.87. The molecule has 1 heterocycles.